The van der Waals surface area contributed by atoms with Gasteiger partial charge in [0.25, 0.3) is 0 Å². The standard InChI is InChI=1S/C14H18N2S2/c1-10(12-4-6-13(17-3)7-5-12)16-11(2)14-8-15-9-18-14/h4-11,16H,1-3H3. The molecule has 0 fully saturated rings. The first-order valence-electron chi connectivity index (χ1n) is 5.99. The Kier molecular flexibility index (Phi) is 4.80. The SMILES string of the molecule is CSc1ccc(C(C)NC(C)c2cncs2)cc1. The maximum Gasteiger partial charge on any atom is 0.0794 e. The summed E-state index contributed by atoms with van der Waals surface area (Å²) in [6.07, 6.45) is 4.04. The van der Waals surface area contributed by atoms with E-state index in [9.17, 15) is 0 Å². The first-order chi connectivity index (χ1) is 8.70. The highest BCUT2D eigenvalue weighted by Gasteiger charge is 2.12. The summed E-state index contributed by atoms with van der Waals surface area (Å²) >= 11 is 3.47. The molecule has 2 unspecified atom stereocenters. The van der Waals surface area contributed by atoms with Crippen LogP contribution in [0.3, 0.4) is 0 Å². The molecule has 0 radical (unpaired) electrons. The lowest BCUT2D eigenvalue weighted by Gasteiger charge is -2.19. The number of hydrogen-bond acceptors (Lipinski definition) is 4. The second-order valence-electron chi connectivity index (χ2n) is 4.29. The summed E-state index contributed by atoms with van der Waals surface area (Å²) in [7, 11) is 0. The van der Waals surface area contributed by atoms with Crippen LogP contribution in [0.1, 0.15) is 36.4 Å². The van der Waals surface area contributed by atoms with E-state index in [1.165, 1.54) is 15.3 Å². The monoisotopic (exact) mass is 278 g/mol. The molecule has 1 aromatic heterocycles. The van der Waals surface area contributed by atoms with Crippen LogP contribution in [0.5, 0.6) is 0 Å². The Bertz CT molecular complexity index is 465. The molecule has 2 atom stereocenters. The van der Waals surface area contributed by atoms with Gasteiger partial charge in [0.1, 0.15) is 0 Å². The molecule has 1 N–H and O–H groups in total. The average Bonchev–Trinajstić information content (AvgIpc) is 2.92. The minimum absolute atomic E-state index is 0.340. The Balaban J connectivity index is 2.00. The van der Waals surface area contributed by atoms with E-state index in [0.717, 1.165) is 0 Å². The Morgan fingerprint density at radius 2 is 1.89 bits per heavy atom. The first-order valence-corrected chi connectivity index (χ1v) is 8.09. The molecular weight excluding hydrogens is 260 g/mol. The predicted molar refractivity (Wildman–Crippen MR) is 80.3 cm³/mol. The van der Waals surface area contributed by atoms with Crippen molar-refractivity contribution < 1.29 is 0 Å². The maximum atomic E-state index is 4.12. The van der Waals surface area contributed by atoms with Gasteiger partial charge in [0, 0.05) is 28.1 Å². The van der Waals surface area contributed by atoms with Crippen molar-refractivity contribution in [2.45, 2.75) is 30.8 Å². The van der Waals surface area contributed by atoms with E-state index in [-0.39, 0.29) is 0 Å². The third-order valence-corrected chi connectivity index (χ3v) is 4.70. The smallest absolute Gasteiger partial charge is 0.0794 e. The molecular formula is C14H18N2S2. The molecule has 1 aromatic carbocycles. The van der Waals surface area contributed by atoms with Crippen LogP contribution < -0.4 is 5.32 Å². The molecule has 0 aliphatic heterocycles. The lowest BCUT2D eigenvalue weighted by atomic mass is 10.1. The van der Waals surface area contributed by atoms with Gasteiger partial charge in [-0.05, 0) is 37.8 Å². The molecule has 2 nitrogen and oxygen atoms in total. The third kappa shape index (κ3) is 3.34. The summed E-state index contributed by atoms with van der Waals surface area (Å²) in [5.41, 5.74) is 3.20. The van der Waals surface area contributed by atoms with Crippen molar-refractivity contribution in [2.75, 3.05) is 6.26 Å². The quantitative estimate of drug-likeness (QED) is 0.826. The molecule has 0 amide bonds. The van der Waals surface area contributed by atoms with Crippen molar-refractivity contribution in [1.29, 1.82) is 0 Å². The predicted octanol–water partition coefficient (Wildman–Crippen LogP) is 4.28. The van der Waals surface area contributed by atoms with E-state index < -0.39 is 0 Å². The van der Waals surface area contributed by atoms with Gasteiger partial charge in [0.15, 0.2) is 0 Å². The van der Waals surface area contributed by atoms with Gasteiger partial charge in [-0.15, -0.1) is 23.1 Å². The number of benzene rings is 1. The van der Waals surface area contributed by atoms with Crippen molar-refractivity contribution in [3.63, 3.8) is 0 Å². The maximum absolute atomic E-state index is 4.12. The van der Waals surface area contributed by atoms with Gasteiger partial charge in [-0.3, -0.25) is 4.98 Å². The minimum Gasteiger partial charge on any atom is -0.303 e. The number of rotatable bonds is 5. The Hall–Kier alpha value is -0.840. The number of hydrogen-bond donors (Lipinski definition) is 1. The van der Waals surface area contributed by atoms with Crippen LogP contribution >= 0.6 is 23.1 Å². The van der Waals surface area contributed by atoms with Crippen LogP contribution in [0.4, 0.5) is 0 Å². The van der Waals surface area contributed by atoms with Gasteiger partial charge in [-0.25, -0.2) is 0 Å². The minimum atomic E-state index is 0.340. The number of nitrogens with one attached hydrogen (secondary N) is 1. The van der Waals surface area contributed by atoms with Crippen LogP contribution in [0.15, 0.2) is 40.9 Å². The second kappa shape index (κ2) is 6.36. The molecule has 2 aromatic rings. The molecule has 1 heterocycles. The van der Waals surface area contributed by atoms with E-state index in [2.05, 4.69) is 54.7 Å². The Labute approximate surface area is 117 Å². The van der Waals surface area contributed by atoms with Crippen molar-refractivity contribution in [3.8, 4) is 0 Å². The van der Waals surface area contributed by atoms with Crippen LogP contribution in [0, 0.1) is 0 Å². The zero-order chi connectivity index (χ0) is 13.0. The van der Waals surface area contributed by atoms with E-state index >= 15 is 0 Å². The zero-order valence-electron chi connectivity index (χ0n) is 10.9. The van der Waals surface area contributed by atoms with E-state index in [1.807, 2.05) is 11.7 Å². The van der Waals surface area contributed by atoms with Crippen molar-refractivity contribution in [2.24, 2.45) is 0 Å². The summed E-state index contributed by atoms with van der Waals surface area (Å²) in [6.45, 7) is 4.38. The number of thiazole rings is 1. The van der Waals surface area contributed by atoms with Crippen molar-refractivity contribution in [1.82, 2.24) is 10.3 Å². The molecule has 0 saturated heterocycles. The number of nitrogens with zero attached hydrogens (tertiary/aromatic N) is 1. The molecule has 0 aliphatic carbocycles. The highest BCUT2D eigenvalue weighted by molar-refractivity contribution is 7.98. The van der Waals surface area contributed by atoms with Gasteiger partial charge in [-0.2, -0.15) is 0 Å². The van der Waals surface area contributed by atoms with Gasteiger partial charge < -0.3 is 5.32 Å². The topological polar surface area (TPSA) is 24.9 Å². The molecule has 0 bridgehead atoms. The van der Waals surface area contributed by atoms with Gasteiger partial charge in [0.05, 0.1) is 5.51 Å². The lowest BCUT2D eigenvalue weighted by Crippen LogP contribution is -2.21. The molecule has 4 heteroatoms. The van der Waals surface area contributed by atoms with Gasteiger partial charge in [-0.1, -0.05) is 12.1 Å². The molecule has 0 spiro atoms. The van der Waals surface area contributed by atoms with Crippen LogP contribution in [-0.4, -0.2) is 11.2 Å². The van der Waals surface area contributed by atoms with E-state index in [0.29, 0.717) is 12.1 Å². The van der Waals surface area contributed by atoms with Crippen LogP contribution in [0.25, 0.3) is 0 Å². The fraction of sp³-hybridized carbons (Fsp3) is 0.357. The second-order valence-corrected chi connectivity index (χ2v) is 6.08. The van der Waals surface area contributed by atoms with Crippen molar-refractivity contribution >= 4 is 23.1 Å². The normalized spacial score (nSPS) is 14.4. The molecule has 18 heavy (non-hydrogen) atoms. The van der Waals surface area contributed by atoms with E-state index in [4.69, 9.17) is 0 Å². The zero-order valence-corrected chi connectivity index (χ0v) is 12.5. The van der Waals surface area contributed by atoms with Gasteiger partial charge in [0.2, 0.25) is 0 Å². The molecule has 0 saturated carbocycles. The molecule has 0 aliphatic rings. The highest BCUT2D eigenvalue weighted by Crippen LogP contribution is 2.23. The summed E-state index contributed by atoms with van der Waals surface area (Å²) in [5, 5.41) is 3.60. The number of thioether (sulfide) groups is 1. The Morgan fingerprint density at radius 3 is 2.44 bits per heavy atom. The van der Waals surface area contributed by atoms with E-state index in [1.54, 1.807) is 23.1 Å². The fourth-order valence-corrected chi connectivity index (χ4v) is 2.93. The summed E-state index contributed by atoms with van der Waals surface area (Å²) in [4.78, 5) is 6.71. The number of aromatic nitrogens is 1. The van der Waals surface area contributed by atoms with Gasteiger partial charge >= 0.3 is 0 Å². The summed E-state index contributed by atoms with van der Waals surface area (Å²) in [6, 6.07) is 9.43. The largest absolute Gasteiger partial charge is 0.303 e. The summed E-state index contributed by atoms with van der Waals surface area (Å²) < 4.78 is 0. The Morgan fingerprint density at radius 1 is 1.17 bits per heavy atom. The molecule has 96 valence electrons. The lowest BCUT2D eigenvalue weighted by molar-refractivity contribution is 0.499. The third-order valence-electron chi connectivity index (χ3n) is 2.99. The van der Waals surface area contributed by atoms with Crippen LogP contribution in [0.2, 0.25) is 0 Å². The molecule has 2 rings (SSSR count). The summed E-state index contributed by atoms with van der Waals surface area (Å²) in [5.74, 6) is 0. The highest BCUT2D eigenvalue weighted by atomic mass is 32.2. The van der Waals surface area contributed by atoms with Crippen molar-refractivity contribution in [3.05, 3.63) is 46.4 Å². The average molecular weight is 278 g/mol. The fourth-order valence-electron chi connectivity index (χ4n) is 1.89. The first kappa shape index (κ1) is 13.6. The van der Waals surface area contributed by atoms with Crippen LogP contribution in [-0.2, 0) is 0 Å².